The summed E-state index contributed by atoms with van der Waals surface area (Å²) in [5.41, 5.74) is 0. The van der Waals surface area contributed by atoms with Gasteiger partial charge in [0.1, 0.15) is 24.4 Å². The number of aliphatic hydroxyl groups is 4. The third-order valence-corrected chi connectivity index (χ3v) is 2.23. The molecule has 0 aromatic heterocycles. The molecule has 1 aliphatic rings. The van der Waals surface area contributed by atoms with Gasteiger partial charge in [0.25, 0.3) is 0 Å². The van der Waals surface area contributed by atoms with Crippen LogP contribution in [0.3, 0.4) is 0 Å². The van der Waals surface area contributed by atoms with Crippen molar-refractivity contribution in [1.82, 2.24) is 5.32 Å². The molecule has 1 saturated heterocycles. The van der Waals surface area contributed by atoms with Crippen LogP contribution in [0.1, 0.15) is 8.27 Å². The Balaban J connectivity index is 2.67. The average molecular weight is 222 g/mol. The van der Waals surface area contributed by atoms with Gasteiger partial charge >= 0.3 is 0 Å². The summed E-state index contributed by atoms with van der Waals surface area (Å²) in [6.45, 7) is -1.12. The molecule has 5 N–H and O–H groups in total. The minimum Gasteiger partial charge on any atom is -0.394 e. The predicted octanol–water partition coefficient (Wildman–Crippen LogP) is -3.08. The number of amides is 1. The monoisotopic (exact) mass is 222 g/mol. The van der Waals surface area contributed by atoms with E-state index in [0.29, 0.717) is 0 Å². The third-order valence-electron chi connectivity index (χ3n) is 2.23. The molecule has 1 amide bonds. The van der Waals surface area contributed by atoms with Crippen LogP contribution in [0.15, 0.2) is 0 Å². The predicted molar refractivity (Wildman–Crippen MR) is 47.6 cm³/mol. The van der Waals surface area contributed by atoms with E-state index in [2.05, 4.69) is 5.32 Å². The molecular weight excluding hydrogens is 206 g/mol. The van der Waals surface area contributed by atoms with Gasteiger partial charge in [-0.3, -0.25) is 4.79 Å². The lowest BCUT2D eigenvalue weighted by Gasteiger charge is -2.40. The first-order valence-electron chi connectivity index (χ1n) is 5.11. The fourth-order valence-electron chi connectivity index (χ4n) is 1.44. The van der Waals surface area contributed by atoms with Gasteiger partial charge in [0.15, 0.2) is 6.29 Å². The quantitative estimate of drug-likeness (QED) is 0.338. The summed E-state index contributed by atoms with van der Waals surface area (Å²) in [5, 5.41) is 39.4. The number of hydrogen-bond acceptors (Lipinski definition) is 6. The summed E-state index contributed by atoms with van der Waals surface area (Å²) >= 11 is 0. The van der Waals surface area contributed by atoms with Crippen molar-refractivity contribution in [3.63, 3.8) is 0 Å². The van der Waals surface area contributed by atoms with Crippen molar-refractivity contribution in [1.29, 1.82) is 0 Å². The zero-order valence-electron chi connectivity index (χ0n) is 8.91. The van der Waals surface area contributed by atoms with Gasteiger partial charge < -0.3 is 30.5 Å². The molecule has 0 aliphatic carbocycles. The number of aliphatic hydroxyl groups excluding tert-OH is 4. The molecule has 0 bridgehead atoms. The standard InChI is InChI=1S/C8H15NO6/c1-3(11)9-5-7(13)6(12)4(2-10)15-8(5)14/h4-8,10,12-14H,2H2,1H3,(H,9,11)/t4-,5-,6+,7-,8+/m1/s1/i1D. The second kappa shape index (κ2) is 4.86. The average Bonchev–Trinajstić information content (AvgIpc) is 2.28. The largest absolute Gasteiger partial charge is 0.394 e. The van der Waals surface area contributed by atoms with Crippen LogP contribution in [-0.4, -0.2) is 63.6 Å². The maximum Gasteiger partial charge on any atom is 0.217 e. The Morgan fingerprint density at radius 1 is 1.47 bits per heavy atom. The molecule has 88 valence electrons. The highest BCUT2D eigenvalue weighted by Gasteiger charge is 2.43. The zero-order valence-corrected chi connectivity index (χ0v) is 7.91. The lowest BCUT2D eigenvalue weighted by Crippen LogP contribution is -2.63. The molecule has 0 aromatic carbocycles. The number of carbonyl (C=O) groups excluding carboxylic acids is 1. The van der Waals surface area contributed by atoms with Crippen molar-refractivity contribution in [2.24, 2.45) is 0 Å². The van der Waals surface area contributed by atoms with Crippen molar-refractivity contribution in [3.05, 3.63) is 0 Å². The normalized spacial score (nSPS) is 42.1. The minimum absolute atomic E-state index is 0.560. The van der Waals surface area contributed by atoms with Crippen LogP contribution >= 0.6 is 0 Å². The number of nitrogens with one attached hydrogen (secondary N) is 1. The van der Waals surface area contributed by atoms with E-state index < -0.39 is 50.1 Å². The molecule has 1 rings (SSSR count). The Hall–Kier alpha value is -0.730. The summed E-state index contributed by atoms with van der Waals surface area (Å²) in [5.74, 6) is -0.707. The van der Waals surface area contributed by atoms with E-state index in [1.807, 2.05) is 0 Å². The number of carbonyl (C=O) groups is 1. The molecule has 5 atom stereocenters. The first kappa shape index (κ1) is 10.8. The summed E-state index contributed by atoms with van der Waals surface area (Å²) in [6.07, 6.45) is -5.51. The van der Waals surface area contributed by atoms with Gasteiger partial charge in [-0.2, -0.15) is 0 Å². The summed E-state index contributed by atoms with van der Waals surface area (Å²) < 4.78 is 11.6. The van der Waals surface area contributed by atoms with Crippen LogP contribution in [0.25, 0.3) is 0 Å². The van der Waals surface area contributed by atoms with E-state index in [0.717, 1.165) is 0 Å². The van der Waals surface area contributed by atoms with Gasteiger partial charge in [0.2, 0.25) is 5.91 Å². The molecule has 1 heterocycles. The molecule has 7 heteroatoms. The smallest absolute Gasteiger partial charge is 0.217 e. The van der Waals surface area contributed by atoms with Gasteiger partial charge in [0.05, 0.1) is 6.61 Å². The van der Waals surface area contributed by atoms with Crippen molar-refractivity contribution >= 4 is 5.91 Å². The van der Waals surface area contributed by atoms with Crippen LogP contribution in [-0.2, 0) is 9.53 Å². The van der Waals surface area contributed by atoms with Gasteiger partial charge in [0, 0.05) is 8.27 Å². The summed E-state index contributed by atoms with van der Waals surface area (Å²) in [4.78, 5) is 10.9. The molecule has 0 unspecified atom stereocenters. The number of ether oxygens (including phenoxy) is 1. The minimum atomic E-state index is -1.54. The van der Waals surface area contributed by atoms with Gasteiger partial charge in [-0.05, 0) is 0 Å². The SMILES string of the molecule is [2H]CC(=O)N[C@@H]1[C@@H](O)[C@@H](O)[C@@H](CO)O[C@@H]1O. The highest BCUT2D eigenvalue weighted by Crippen LogP contribution is 2.19. The third kappa shape index (κ3) is 2.64. The second-order valence-corrected chi connectivity index (χ2v) is 3.32. The van der Waals surface area contributed by atoms with Crippen LogP contribution in [0.4, 0.5) is 0 Å². The highest BCUT2D eigenvalue weighted by molar-refractivity contribution is 5.73. The first-order chi connectivity index (χ1) is 7.51. The van der Waals surface area contributed by atoms with Crippen molar-refractivity contribution < 1.29 is 31.3 Å². The highest BCUT2D eigenvalue weighted by atomic mass is 16.6. The van der Waals surface area contributed by atoms with E-state index in [9.17, 15) is 20.1 Å². The molecular formula is C8H15NO6. The lowest BCUT2D eigenvalue weighted by atomic mass is 9.97. The fourth-order valence-corrected chi connectivity index (χ4v) is 1.44. The van der Waals surface area contributed by atoms with Crippen molar-refractivity contribution in [3.8, 4) is 0 Å². The maximum absolute atomic E-state index is 10.9. The zero-order chi connectivity index (χ0) is 12.3. The van der Waals surface area contributed by atoms with Crippen LogP contribution < -0.4 is 5.32 Å². The maximum atomic E-state index is 10.9. The van der Waals surface area contributed by atoms with Crippen LogP contribution in [0, 0.1) is 0 Å². The topological polar surface area (TPSA) is 119 Å². The van der Waals surface area contributed by atoms with Crippen LogP contribution in [0.5, 0.6) is 0 Å². The van der Waals surface area contributed by atoms with Crippen molar-refractivity contribution in [2.75, 3.05) is 6.61 Å². The Morgan fingerprint density at radius 3 is 2.67 bits per heavy atom. The molecule has 0 spiro atoms. The van der Waals surface area contributed by atoms with Gasteiger partial charge in [-0.1, -0.05) is 0 Å². The summed E-state index contributed by atoms with van der Waals surface area (Å²) in [7, 11) is 0. The molecule has 1 fully saturated rings. The molecule has 0 saturated carbocycles. The fraction of sp³-hybridized carbons (Fsp3) is 0.875. The van der Waals surface area contributed by atoms with E-state index >= 15 is 0 Å². The first-order valence-corrected chi connectivity index (χ1v) is 4.40. The molecule has 0 radical (unpaired) electrons. The van der Waals surface area contributed by atoms with E-state index in [-0.39, 0.29) is 0 Å². The Bertz CT molecular complexity index is 253. The molecule has 15 heavy (non-hydrogen) atoms. The van der Waals surface area contributed by atoms with E-state index in [1.165, 1.54) is 0 Å². The summed E-state index contributed by atoms with van der Waals surface area (Å²) in [6, 6.07) is -1.21. The Morgan fingerprint density at radius 2 is 2.13 bits per heavy atom. The molecule has 0 aromatic rings. The van der Waals surface area contributed by atoms with E-state index in [4.69, 9.17) is 11.2 Å². The second-order valence-electron chi connectivity index (χ2n) is 3.32. The number of hydrogen-bond donors (Lipinski definition) is 5. The van der Waals surface area contributed by atoms with Crippen molar-refractivity contribution in [2.45, 2.75) is 37.5 Å². The lowest BCUT2D eigenvalue weighted by molar-refractivity contribution is -0.253. The van der Waals surface area contributed by atoms with Gasteiger partial charge in [-0.15, -0.1) is 0 Å². The Labute approximate surface area is 87.7 Å². The molecule has 7 nitrogen and oxygen atoms in total. The van der Waals surface area contributed by atoms with Crippen LogP contribution in [0.2, 0.25) is 0 Å². The van der Waals surface area contributed by atoms with E-state index in [1.54, 1.807) is 0 Å². The molecule has 1 aliphatic heterocycles. The number of rotatable bonds is 2. The van der Waals surface area contributed by atoms with Gasteiger partial charge in [-0.25, -0.2) is 0 Å². The Kier molecular flexibility index (Phi) is 3.49.